The molecule has 1 atom stereocenters. The van der Waals surface area contributed by atoms with Gasteiger partial charge in [-0.25, -0.2) is 0 Å². The Balaban J connectivity index is 2.82. The highest BCUT2D eigenvalue weighted by molar-refractivity contribution is 7.54. The van der Waals surface area contributed by atoms with Crippen LogP contribution in [0.2, 0.25) is 0 Å². The fraction of sp³-hybridized carbons (Fsp3) is 0.500. The highest BCUT2D eigenvalue weighted by Gasteiger charge is 2.35. The minimum Gasteiger partial charge on any atom is -0.316 e. The Kier molecular flexibility index (Phi) is 6.54. The zero-order valence-electron chi connectivity index (χ0n) is 10.7. The number of hydrogen-bond donors (Lipinski definition) is 2. The number of hydroxylamine groups is 1. The van der Waals surface area contributed by atoms with Crippen molar-refractivity contribution in [1.82, 2.24) is 5.48 Å². The first-order chi connectivity index (χ1) is 8.66. The van der Waals surface area contributed by atoms with Crippen LogP contribution in [-0.2, 0) is 20.0 Å². The van der Waals surface area contributed by atoms with Gasteiger partial charge in [0.25, 0.3) is 0 Å². The normalized spacial score (nSPS) is 13.5. The number of nitrogens with one attached hydrogen (secondary N) is 1. The lowest BCUT2D eigenvalue weighted by atomic mass is 10.1. The first-order valence-corrected chi connectivity index (χ1v) is 7.59. The van der Waals surface area contributed by atoms with Crippen molar-refractivity contribution in [3.63, 3.8) is 0 Å². The zero-order chi connectivity index (χ0) is 13.4. The van der Waals surface area contributed by atoms with Gasteiger partial charge in [0.05, 0.1) is 13.2 Å². The molecule has 102 valence electrons. The Morgan fingerprint density at radius 1 is 1.22 bits per heavy atom. The lowest BCUT2D eigenvalue weighted by molar-refractivity contribution is 0.125. The molecule has 18 heavy (non-hydrogen) atoms. The Morgan fingerprint density at radius 2 is 1.78 bits per heavy atom. The molecule has 0 aliphatic heterocycles. The zero-order valence-corrected chi connectivity index (χ0v) is 11.6. The van der Waals surface area contributed by atoms with Crippen molar-refractivity contribution >= 4 is 7.60 Å². The van der Waals surface area contributed by atoms with Crippen molar-refractivity contribution < 1.29 is 18.8 Å². The molecule has 0 bridgehead atoms. The third-order valence-corrected chi connectivity index (χ3v) is 4.72. The van der Waals surface area contributed by atoms with E-state index in [0.29, 0.717) is 6.42 Å². The number of benzene rings is 1. The predicted molar refractivity (Wildman–Crippen MR) is 69.7 cm³/mol. The van der Waals surface area contributed by atoms with Crippen LogP contribution < -0.4 is 5.48 Å². The first kappa shape index (κ1) is 15.3. The second kappa shape index (κ2) is 7.67. The van der Waals surface area contributed by atoms with Gasteiger partial charge in [-0.3, -0.25) is 4.57 Å². The molecular weight excluding hydrogens is 253 g/mol. The minimum atomic E-state index is -3.36. The summed E-state index contributed by atoms with van der Waals surface area (Å²) >= 11 is 0. The van der Waals surface area contributed by atoms with Crippen LogP contribution in [0, 0.1) is 0 Å². The Bertz CT molecular complexity index is 375. The van der Waals surface area contributed by atoms with E-state index in [-0.39, 0.29) is 13.2 Å². The Labute approximate surface area is 108 Å². The van der Waals surface area contributed by atoms with Crippen LogP contribution in [0.3, 0.4) is 0 Å². The van der Waals surface area contributed by atoms with Crippen molar-refractivity contribution in [2.45, 2.75) is 26.1 Å². The van der Waals surface area contributed by atoms with E-state index < -0.39 is 13.4 Å². The molecule has 0 fully saturated rings. The molecule has 0 aromatic heterocycles. The van der Waals surface area contributed by atoms with Crippen molar-refractivity contribution in [2.24, 2.45) is 0 Å². The van der Waals surface area contributed by atoms with Crippen LogP contribution in [0.25, 0.3) is 0 Å². The summed E-state index contributed by atoms with van der Waals surface area (Å²) in [5.74, 6) is -0.764. The van der Waals surface area contributed by atoms with Crippen molar-refractivity contribution in [3.05, 3.63) is 35.9 Å². The van der Waals surface area contributed by atoms with Crippen molar-refractivity contribution in [2.75, 3.05) is 13.2 Å². The van der Waals surface area contributed by atoms with E-state index in [9.17, 15) is 9.77 Å². The molecule has 0 saturated carbocycles. The molecular formula is C12H20NO4P. The molecule has 1 rings (SSSR count). The summed E-state index contributed by atoms with van der Waals surface area (Å²) in [4.78, 5) is 0. The summed E-state index contributed by atoms with van der Waals surface area (Å²) in [6.07, 6.45) is 0.370. The van der Waals surface area contributed by atoms with Crippen LogP contribution in [0.1, 0.15) is 19.4 Å². The number of rotatable bonds is 8. The predicted octanol–water partition coefficient (Wildman–Crippen LogP) is 2.80. The highest BCUT2D eigenvalue weighted by atomic mass is 31.2. The standard InChI is InChI=1S/C12H20NO4P/c1-3-16-18(15,17-4-2)12(13-14)10-11-8-6-5-7-9-11/h5-9,12-14H,3-4,10H2,1-2H3. The number of hydrogen-bond acceptors (Lipinski definition) is 5. The van der Waals surface area contributed by atoms with Gasteiger partial charge in [-0.05, 0) is 19.4 Å². The minimum absolute atomic E-state index is 0.268. The van der Waals surface area contributed by atoms with Gasteiger partial charge < -0.3 is 14.3 Å². The fourth-order valence-corrected chi connectivity index (χ4v) is 3.37. The molecule has 0 aliphatic carbocycles. The van der Waals surface area contributed by atoms with Crippen LogP contribution in [0.4, 0.5) is 0 Å². The lowest BCUT2D eigenvalue weighted by Gasteiger charge is -2.25. The SMILES string of the molecule is CCOP(=O)(OCC)C(Cc1ccccc1)NO. The third kappa shape index (κ3) is 4.19. The van der Waals surface area contributed by atoms with Crippen LogP contribution in [-0.4, -0.2) is 24.2 Å². The van der Waals surface area contributed by atoms with Crippen molar-refractivity contribution in [1.29, 1.82) is 0 Å². The third-order valence-electron chi connectivity index (χ3n) is 2.42. The van der Waals surface area contributed by atoms with Gasteiger partial charge in [-0.2, -0.15) is 5.48 Å². The van der Waals surface area contributed by atoms with Gasteiger partial charge in [0.1, 0.15) is 5.78 Å². The molecule has 0 spiro atoms. The van der Waals surface area contributed by atoms with E-state index in [2.05, 4.69) is 0 Å². The maximum Gasteiger partial charge on any atom is 0.350 e. The summed E-state index contributed by atoms with van der Waals surface area (Å²) in [5.41, 5.74) is 3.00. The summed E-state index contributed by atoms with van der Waals surface area (Å²) in [6.45, 7) is 4.01. The molecule has 0 saturated heterocycles. The average Bonchev–Trinajstić information content (AvgIpc) is 2.37. The summed E-state index contributed by atoms with van der Waals surface area (Å²) in [7, 11) is -3.36. The lowest BCUT2D eigenvalue weighted by Crippen LogP contribution is -2.30. The maximum atomic E-state index is 12.5. The van der Waals surface area contributed by atoms with Gasteiger partial charge in [0.15, 0.2) is 0 Å². The second-order valence-corrected chi connectivity index (χ2v) is 5.93. The molecule has 2 N–H and O–H groups in total. The summed E-state index contributed by atoms with van der Waals surface area (Å²) in [5, 5.41) is 9.19. The molecule has 1 aromatic rings. The maximum absolute atomic E-state index is 12.5. The molecule has 5 nitrogen and oxygen atoms in total. The monoisotopic (exact) mass is 273 g/mol. The topological polar surface area (TPSA) is 67.8 Å². The van der Waals surface area contributed by atoms with E-state index >= 15 is 0 Å². The van der Waals surface area contributed by atoms with Gasteiger partial charge in [0.2, 0.25) is 0 Å². The van der Waals surface area contributed by atoms with Crippen LogP contribution in [0.15, 0.2) is 30.3 Å². The molecule has 0 radical (unpaired) electrons. The molecule has 6 heteroatoms. The van der Waals surface area contributed by atoms with Gasteiger partial charge in [0, 0.05) is 6.42 Å². The Hall–Kier alpha value is -0.710. The van der Waals surface area contributed by atoms with Gasteiger partial charge >= 0.3 is 7.60 Å². The summed E-state index contributed by atoms with van der Waals surface area (Å²) < 4.78 is 22.9. The smallest absolute Gasteiger partial charge is 0.316 e. The quantitative estimate of drug-likeness (QED) is 0.563. The van der Waals surface area contributed by atoms with E-state index in [0.717, 1.165) is 5.56 Å². The molecule has 1 aromatic carbocycles. The van der Waals surface area contributed by atoms with E-state index in [1.54, 1.807) is 13.8 Å². The molecule has 0 amide bonds. The van der Waals surface area contributed by atoms with Gasteiger partial charge in [-0.15, -0.1) is 0 Å². The van der Waals surface area contributed by atoms with E-state index in [1.807, 2.05) is 35.8 Å². The Morgan fingerprint density at radius 3 is 2.22 bits per heavy atom. The van der Waals surface area contributed by atoms with Gasteiger partial charge in [-0.1, -0.05) is 30.3 Å². The van der Waals surface area contributed by atoms with E-state index in [1.165, 1.54) is 0 Å². The van der Waals surface area contributed by atoms with Crippen molar-refractivity contribution in [3.8, 4) is 0 Å². The average molecular weight is 273 g/mol. The molecule has 0 heterocycles. The summed E-state index contributed by atoms with van der Waals surface area (Å²) in [6, 6.07) is 9.46. The fourth-order valence-electron chi connectivity index (χ4n) is 1.64. The van der Waals surface area contributed by atoms with E-state index in [4.69, 9.17) is 9.05 Å². The largest absolute Gasteiger partial charge is 0.350 e. The molecule has 1 unspecified atom stereocenters. The van der Waals surface area contributed by atoms with Crippen LogP contribution >= 0.6 is 7.60 Å². The molecule has 0 aliphatic rings. The van der Waals surface area contributed by atoms with Crippen LogP contribution in [0.5, 0.6) is 0 Å². The second-order valence-electron chi connectivity index (χ2n) is 3.71. The first-order valence-electron chi connectivity index (χ1n) is 5.98. The highest BCUT2D eigenvalue weighted by Crippen LogP contribution is 2.52.